The molecule has 0 aliphatic heterocycles. The summed E-state index contributed by atoms with van der Waals surface area (Å²) in [6.07, 6.45) is 0. The first-order valence-electron chi connectivity index (χ1n) is 6.40. The molecule has 0 saturated carbocycles. The Labute approximate surface area is 124 Å². The predicted octanol–water partition coefficient (Wildman–Crippen LogP) is 4.99. The van der Waals surface area contributed by atoms with Crippen LogP contribution >= 0.6 is 23.4 Å². The van der Waals surface area contributed by atoms with Gasteiger partial charge in [0, 0.05) is 27.4 Å². The fourth-order valence-electron chi connectivity index (χ4n) is 1.72. The topological polar surface area (TPSA) is 12.0 Å². The van der Waals surface area contributed by atoms with E-state index in [2.05, 4.69) is 49.5 Å². The number of hydrogen-bond donors (Lipinski definition) is 1. The maximum absolute atomic E-state index is 6.03. The van der Waals surface area contributed by atoms with Crippen LogP contribution in [0.15, 0.2) is 58.3 Å². The van der Waals surface area contributed by atoms with Gasteiger partial charge in [-0.25, -0.2) is 0 Å². The van der Waals surface area contributed by atoms with Crippen molar-refractivity contribution in [2.75, 3.05) is 0 Å². The van der Waals surface area contributed by atoms with Crippen LogP contribution in [0.5, 0.6) is 0 Å². The van der Waals surface area contributed by atoms with Gasteiger partial charge in [-0.3, -0.25) is 0 Å². The first-order chi connectivity index (χ1) is 9.15. The molecule has 2 aromatic rings. The van der Waals surface area contributed by atoms with E-state index in [-0.39, 0.29) is 0 Å². The molecule has 0 aliphatic rings. The molecular weight excluding hydrogens is 274 g/mol. The Balaban J connectivity index is 2.15. The van der Waals surface area contributed by atoms with Crippen LogP contribution < -0.4 is 5.32 Å². The van der Waals surface area contributed by atoms with E-state index >= 15 is 0 Å². The Morgan fingerprint density at radius 1 is 1.11 bits per heavy atom. The molecule has 3 heteroatoms. The number of rotatable bonds is 5. The molecule has 0 saturated heterocycles. The smallest absolute Gasteiger partial charge is 0.0417 e. The summed E-state index contributed by atoms with van der Waals surface area (Å²) in [5, 5.41) is 4.24. The molecular formula is C16H18ClNS. The fourth-order valence-corrected chi connectivity index (χ4v) is 2.98. The second-order valence-corrected chi connectivity index (χ2v) is 6.25. The molecule has 0 bridgehead atoms. The van der Waals surface area contributed by atoms with Crippen molar-refractivity contribution in [1.82, 2.24) is 5.32 Å². The molecule has 0 atom stereocenters. The SMILES string of the molecule is CC(C)NCc1ccccc1Sc1cccc(Cl)c1. The van der Waals surface area contributed by atoms with E-state index in [9.17, 15) is 0 Å². The minimum absolute atomic E-state index is 0.490. The Hall–Kier alpha value is -0.960. The van der Waals surface area contributed by atoms with Gasteiger partial charge in [-0.05, 0) is 29.8 Å². The van der Waals surface area contributed by atoms with Crippen molar-refractivity contribution in [3.8, 4) is 0 Å². The maximum atomic E-state index is 6.03. The standard InChI is InChI=1S/C16H18ClNS/c1-12(2)18-11-13-6-3-4-9-16(13)19-15-8-5-7-14(17)10-15/h3-10,12,18H,11H2,1-2H3. The van der Waals surface area contributed by atoms with Gasteiger partial charge in [-0.1, -0.05) is 61.5 Å². The highest BCUT2D eigenvalue weighted by atomic mass is 35.5. The molecule has 0 heterocycles. The molecule has 0 aromatic heterocycles. The zero-order valence-electron chi connectivity index (χ0n) is 11.2. The Kier molecular flexibility index (Phi) is 5.32. The van der Waals surface area contributed by atoms with E-state index in [1.54, 1.807) is 11.8 Å². The van der Waals surface area contributed by atoms with Crippen molar-refractivity contribution < 1.29 is 0 Å². The van der Waals surface area contributed by atoms with Crippen molar-refractivity contribution in [1.29, 1.82) is 0 Å². The molecule has 2 aromatic carbocycles. The zero-order valence-corrected chi connectivity index (χ0v) is 12.8. The summed E-state index contributed by atoms with van der Waals surface area (Å²) in [6.45, 7) is 5.21. The zero-order chi connectivity index (χ0) is 13.7. The van der Waals surface area contributed by atoms with Crippen molar-refractivity contribution in [3.63, 3.8) is 0 Å². The summed E-state index contributed by atoms with van der Waals surface area (Å²) in [6, 6.07) is 16.9. The van der Waals surface area contributed by atoms with Gasteiger partial charge in [0.15, 0.2) is 0 Å². The number of nitrogens with one attached hydrogen (secondary N) is 1. The Morgan fingerprint density at radius 3 is 2.63 bits per heavy atom. The molecule has 100 valence electrons. The number of hydrogen-bond acceptors (Lipinski definition) is 2. The van der Waals surface area contributed by atoms with Crippen molar-refractivity contribution in [3.05, 3.63) is 59.1 Å². The second kappa shape index (κ2) is 6.99. The first-order valence-corrected chi connectivity index (χ1v) is 7.59. The van der Waals surface area contributed by atoms with Gasteiger partial charge in [0.05, 0.1) is 0 Å². The third kappa shape index (κ3) is 4.57. The molecule has 0 unspecified atom stereocenters. The van der Waals surface area contributed by atoms with E-state index < -0.39 is 0 Å². The lowest BCUT2D eigenvalue weighted by Gasteiger charge is -2.12. The third-order valence-electron chi connectivity index (χ3n) is 2.70. The Morgan fingerprint density at radius 2 is 1.89 bits per heavy atom. The van der Waals surface area contributed by atoms with Gasteiger partial charge >= 0.3 is 0 Å². The minimum atomic E-state index is 0.490. The molecule has 2 rings (SSSR count). The van der Waals surface area contributed by atoms with Crippen molar-refractivity contribution in [2.24, 2.45) is 0 Å². The summed E-state index contributed by atoms with van der Waals surface area (Å²) >= 11 is 7.78. The van der Waals surface area contributed by atoms with E-state index in [1.165, 1.54) is 15.4 Å². The number of halogens is 1. The molecule has 19 heavy (non-hydrogen) atoms. The van der Waals surface area contributed by atoms with Crippen LogP contribution in [-0.2, 0) is 6.54 Å². The van der Waals surface area contributed by atoms with Gasteiger partial charge in [-0.15, -0.1) is 0 Å². The van der Waals surface area contributed by atoms with Gasteiger partial charge < -0.3 is 5.32 Å². The highest BCUT2D eigenvalue weighted by Gasteiger charge is 2.05. The molecule has 0 aliphatic carbocycles. The summed E-state index contributed by atoms with van der Waals surface area (Å²) in [5.74, 6) is 0. The van der Waals surface area contributed by atoms with Gasteiger partial charge in [0.2, 0.25) is 0 Å². The monoisotopic (exact) mass is 291 g/mol. The van der Waals surface area contributed by atoms with Gasteiger partial charge in [0.1, 0.15) is 0 Å². The Bertz CT molecular complexity index is 540. The average molecular weight is 292 g/mol. The summed E-state index contributed by atoms with van der Waals surface area (Å²) < 4.78 is 0. The third-order valence-corrected chi connectivity index (χ3v) is 4.04. The lowest BCUT2D eigenvalue weighted by atomic mass is 10.2. The first kappa shape index (κ1) is 14.4. The van der Waals surface area contributed by atoms with Gasteiger partial charge in [0.25, 0.3) is 0 Å². The molecule has 1 N–H and O–H groups in total. The summed E-state index contributed by atoms with van der Waals surface area (Å²) in [4.78, 5) is 2.45. The quantitative estimate of drug-likeness (QED) is 0.833. The number of benzene rings is 2. The van der Waals surface area contributed by atoms with E-state index in [1.807, 2.05) is 18.2 Å². The summed E-state index contributed by atoms with van der Waals surface area (Å²) in [5.41, 5.74) is 1.32. The van der Waals surface area contributed by atoms with Crippen LogP contribution in [0.25, 0.3) is 0 Å². The minimum Gasteiger partial charge on any atom is -0.310 e. The van der Waals surface area contributed by atoms with Crippen LogP contribution in [0.1, 0.15) is 19.4 Å². The summed E-state index contributed by atoms with van der Waals surface area (Å²) in [7, 11) is 0. The molecule has 0 radical (unpaired) electrons. The van der Waals surface area contributed by atoms with Crippen molar-refractivity contribution in [2.45, 2.75) is 36.2 Å². The van der Waals surface area contributed by atoms with Crippen LogP contribution in [0.4, 0.5) is 0 Å². The average Bonchev–Trinajstić information content (AvgIpc) is 2.38. The van der Waals surface area contributed by atoms with Crippen LogP contribution in [-0.4, -0.2) is 6.04 Å². The fraction of sp³-hybridized carbons (Fsp3) is 0.250. The van der Waals surface area contributed by atoms with E-state index in [4.69, 9.17) is 11.6 Å². The van der Waals surface area contributed by atoms with Crippen LogP contribution in [0, 0.1) is 0 Å². The molecule has 0 spiro atoms. The maximum Gasteiger partial charge on any atom is 0.0417 e. The largest absolute Gasteiger partial charge is 0.310 e. The highest BCUT2D eigenvalue weighted by molar-refractivity contribution is 7.99. The van der Waals surface area contributed by atoms with Crippen LogP contribution in [0.3, 0.4) is 0 Å². The second-order valence-electron chi connectivity index (χ2n) is 4.70. The van der Waals surface area contributed by atoms with Crippen molar-refractivity contribution >= 4 is 23.4 Å². The van der Waals surface area contributed by atoms with E-state index in [0.29, 0.717) is 6.04 Å². The molecule has 0 fully saturated rings. The lowest BCUT2D eigenvalue weighted by Crippen LogP contribution is -2.22. The highest BCUT2D eigenvalue weighted by Crippen LogP contribution is 2.31. The van der Waals surface area contributed by atoms with Gasteiger partial charge in [-0.2, -0.15) is 0 Å². The normalized spacial score (nSPS) is 10.9. The predicted molar refractivity (Wildman–Crippen MR) is 84.0 cm³/mol. The van der Waals surface area contributed by atoms with Crippen LogP contribution in [0.2, 0.25) is 5.02 Å². The van der Waals surface area contributed by atoms with E-state index in [0.717, 1.165) is 11.6 Å². The molecule has 0 amide bonds. The lowest BCUT2D eigenvalue weighted by molar-refractivity contribution is 0.585. The molecule has 1 nitrogen and oxygen atoms in total.